The molecule has 0 saturated carbocycles. The number of aliphatic hydroxyl groups is 2. The van der Waals surface area contributed by atoms with Crippen molar-refractivity contribution >= 4 is 5.97 Å². The molecular weight excluding hydrogens is 148 g/mol. The Labute approximate surface area is 63.1 Å². The van der Waals surface area contributed by atoms with Crippen molar-refractivity contribution in [1.29, 1.82) is 0 Å². The number of hydrogen-bond acceptors (Lipinski definition) is 4. The van der Waals surface area contributed by atoms with E-state index in [0.717, 1.165) is 0 Å². The van der Waals surface area contributed by atoms with Gasteiger partial charge in [0.05, 0.1) is 0 Å². The van der Waals surface area contributed by atoms with E-state index in [-0.39, 0.29) is 6.42 Å². The summed E-state index contributed by atoms with van der Waals surface area (Å²) >= 11 is 0. The Morgan fingerprint density at radius 3 is 3.09 bits per heavy atom. The Morgan fingerprint density at radius 1 is 1.73 bits per heavy atom. The van der Waals surface area contributed by atoms with Gasteiger partial charge >= 0.3 is 5.97 Å². The van der Waals surface area contributed by atoms with Crippen molar-refractivity contribution < 1.29 is 19.7 Å². The Morgan fingerprint density at radius 2 is 2.45 bits per heavy atom. The summed E-state index contributed by atoms with van der Waals surface area (Å²) in [4.78, 5) is 10.9. The van der Waals surface area contributed by atoms with Crippen molar-refractivity contribution in [1.82, 2.24) is 0 Å². The molecular formula is C7H8O4. The van der Waals surface area contributed by atoms with Gasteiger partial charge in [-0.3, -0.25) is 0 Å². The highest BCUT2D eigenvalue weighted by atomic mass is 16.6. The van der Waals surface area contributed by atoms with E-state index in [2.05, 4.69) is 0 Å². The number of carbonyl (C=O) groups is 1. The second kappa shape index (κ2) is 1.84. The van der Waals surface area contributed by atoms with Crippen molar-refractivity contribution in [3.63, 3.8) is 0 Å². The topological polar surface area (TPSA) is 66.8 Å². The second-order valence-corrected chi connectivity index (χ2v) is 2.92. The monoisotopic (exact) mass is 156 g/mol. The number of carbonyl (C=O) groups excluding carboxylic acids is 1. The second-order valence-electron chi connectivity index (χ2n) is 2.92. The molecule has 1 aliphatic carbocycles. The molecule has 4 heteroatoms. The van der Waals surface area contributed by atoms with E-state index in [1.807, 2.05) is 0 Å². The van der Waals surface area contributed by atoms with Crippen molar-refractivity contribution in [2.45, 2.75) is 24.2 Å². The van der Waals surface area contributed by atoms with Crippen LogP contribution in [0.5, 0.6) is 0 Å². The number of hydrogen-bond donors (Lipinski definition) is 2. The molecule has 3 atom stereocenters. The van der Waals surface area contributed by atoms with Crippen molar-refractivity contribution in [3.8, 4) is 0 Å². The fourth-order valence-corrected chi connectivity index (χ4v) is 1.38. The van der Waals surface area contributed by atoms with Crippen LogP contribution in [-0.4, -0.2) is 34.0 Å². The fourth-order valence-electron chi connectivity index (χ4n) is 1.38. The lowest BCUT2D eigenvalue weighted by molar-refractivity contribution is -0.152. The number of aliphatic hydroxyl groups excluding tert-OH is 1. The molecule has 0 aromatic heterocycles. The van der Waals surface area contributed by atoms with E-state index < -0.39 is 23.8 Å². The molecule has 0 unspecified atom stereocenters. The predicted octanol–water partition coefficient (Wildman–Crippen LogP) is -1.04. The largest absolute Gasteiger partial charge is 0.457 e. The zero-order chi connectivity index (χ0) is 8.06. The third-order valence-corrected chi connectivity index (χ3v) is 2.07. The van der Waals surface area contributed by atoms with Gasteiger partial charge in [-0.15, -0.1) is 0 Å². The Bertz CT molecular complexity index is 235. The van der Waals surface area contributed by atoms with Crippen molar-refractivity contribution in [2.75, 3.05) is 0 Å². The van der Waals surface area contributed by atoms with E-state index in [4.69, 9.17) is 9.84 Å². The highest BCUT2D eigenvalue weighted by Crippen LogP contribution is 2.33. The minimum Gasteiger partial charge on any atom is -0.457 e. The molecule has 0 amide bonds. The highest BCUT2D eigenvalue weighted by Gasteiger charge is 2.50. The summed E-state index contributed by atoms with van der Waals surface area (Å²) in [5.41, 5.74) is -1.47. The van der Waals surface area contributed by atoms with Crippen LogP contribution in [0.1, 0.15) is 6.42 Å². The predicted molar refractivity (Wildman–Crippen MR) is 34.6 cm³/mol. The van der Waals surface area contributed by atoms with Gasteiger partial charge in [-0.1, -0.05) is 6.08 Å². The third-order valence-electron chi connectivity index (χ3n) is 2.07. The lowest BCUT2D eigenvalue weighted by Gasteiger charge is -2.19. The van der Waals surface area contributed by atoms with Crippen LogP contribution in [0, 0.1) is 0 Å². The zero-order valence-corrected chi connectivity index (χ0v) is 5.73. The summed E-state index contributed by atoms with van der Waals surface area (Å²) in [5, 5.41) is 18.6. The molecule has 2 rings (SSSR count). The van der Waals surface area contributed by atoms with E-state index >= 15 is 0 Å². The highest BCUT2D eigenvalue weighted by molar-refractivity contribution is 5.84. The molecule has 4 nitrogen and oxygen atoms in total. The number of rotatable bonds is 0. The van der Waals surface area contributed by atoms with Crippen LogP contribution >= 0.6 is 0 Å². The van der Waals surface area contributed by atoms with E-state index in [1.54, 1.807) is 0 Å². The summed E-state index contributed by atoms with van der Waals surface area (Å²) in [6.45, 7) is 0. The summed E-state index contributed by atoms with van der Waals surface area (Å²) in [5.74, 6) is -0.657. The summed E-state index contributed by atoms with van der Waals surface area (Å²) in [6, 6.07) is 0. The molecule has 11 heavy (non-hydrogen) atoms. The first-order valence-corrected chi connectivity index (χ1v) is 3.43. The van der Waals surface area contributed by atoms with Gasteiger partial charge in [0.25, 0.3) is 0 Å². The van der Waals surface area contributed by atoms with Crippen LogP contribution in [-0.2, 0) is 9.53 Å². The molecule has 1 fully saturated rings. The average Bonchev–Trinajstić information content (AvgIpc) is 2.20. The Balaban J connectivity index is 2.37. The molecule has 0 aromatic carbocycles. The number of esters is 1. The summed E-state index contributed by atoms with van der Waals surface area (Å²) in [6.07, 6.45) is 1.53. The lowest BCUT2D eigenvalue weighted by Crippen LogP contribution is -2.35. The van der Waals surface area contributed by atoms with Crippen LogP contribution in [0.4, 0.5) is 0 Å². The molecule has 60 valence electrons. The summed E-state index contributed by atoms with van der Waals surface area (Å²) in [7, 11) is 0. The van der Waals surface area contributed by atoms with E-state index in [0.29, 0.717) is 0 Å². The molecule has 2 aliphatic rings. The first kappa shape index (κ1) is 6.82. The molecule has 0 radical (unpaired) electrons. The van der Waals surface area contributed by atoms with Crippen LogP contribution in [0.2, 0.25) is 0 Å². The zero-order valence-electron chi connectivity index (χ0n) is 5.73. The molecule has 2 N–H and O–H groups in total. The van der Waals surface area contributed by atoms with Crippen molar-refractivity contribution in [2.24, 2.45) is 0 Å². The van der Waals surface area contributed by atoms with Crippen LogP contribution < -0.4 is 0 Å². The van der Waals surface area contributed by atoms with Crippen LogP contribution in [0.3, 0.4) is 0 Å². The van der Waals surface area contributed by atoms with Gasteiger partial charge < -0.3 is 14.9 Å². The van der Waals surface area contributed by atoms with Crippen molar-refractivity contribution in [3.05, 3.63) is 12.2 Å². The average molecular weight is 156 g/mol. The number of ether oxygens (including phenoxy) is 1. The smallest absolute Gasteiger partial charge is 0.342 e. The molecule has 1 aliphatic heterocycles. The molecule has 1 heterocycles. The maximum absolute atomic E-state index is 10.9. The quantitative estimate of drug-likeness (QED) is 0.347. The standard InChI is InChI=1S/C7H8O4/c8-4-1-2-7(10)3-5(4)11-6(7)9/h1-2,4-5,8,10H,3H2/t4-,5-,7+/m1/s1. The molecule has 0 aromatic rings. The van der Waals surface area contributed by atoms with Gasteiger partial charge in [0, 0.05) is 6.42 Å². The fraction of sp³-hybridized carbons (Fsp3) is 0.571. The van der Waals surface area contributed by atoms with Gasteiger partial charge in [-0.05, 0) is 6.08 Å². The maximum atomic E-state index is 10.9. The maximum Gasteiger partial charge on any atom is 0.342 e. The summed E-state index contributed by atoms with van der Waals surface area (Å²) < 4.78 is 4.70. The molecule has 0 spiro atoms. The minimum atomic E-state index is -1.47. The molecule has 2 bridgehead atoms. The number of fused-ring (bicyclic) bond motifs is 2. The third kappa shape index (κ3) is 0.797. The molecule has 1 saturated heterocycles. The van der Waals surface area contributed by atoms with Gasteiger partial charge in [0.1, 0.15) is 12.2 Å². The van der Waals surface area contributed by atoms with Gasteiger partial charge in [-0.2, -0.15) is 0 Å². The van der Waals surface area contributed by atoms with Crippen LogP contribution in [0.25, 0.3) is 0 Å². The first-order chi connectivity index (χ1) is 5.12. The van der Waals surface area contributed by atoms with Gasteiger partial charge in [0.15, 0.2) is 5.60 Å². The SMILES string of the molecule is O=C1O[C@@H]2C[C@@]1(O)C=C[C@H]2O. The van der Waals surface area contributed by atoms with E-state index in [1.165, 1.54) is 12.2 Å². The van der Waals surface area contributed by atoms with Gasteiger partial charge in [0.2, 0.25) is 0 Å². The van der Waals surface area contributed by atoms with E-state index in [9.17, 15) is 9.90 Å². The Kier molecular flexibility index (Phi) is 1.14. The Hall–Kier alpha value is -0.870. The minimum absolute atomic E-state index is 0.170. The lowest BCUT2D eigenvalue weighted by atomic mass is 9.91. The first-order valence-electron chi connectivity index (χ1n) is 3.43. The van der Waals surface area contributed by atoms with Gasteiger partial charge in [-0.25, -0.2) is 4.79 Å². The normalized spacial score (nSPS) is 47.6. The van der Waals surface area contributed by atoms with Crippen LogP contribution in [0.15, 0.2) is 12.2 Å².